The molecule has 0 atom stereocenters. The Kier molecular flexibility index (Phi) is 3.15. The van der Waals surface area contributed by atoms with Crippen LogP contribution in [0.5, 0.6) is 0 Å². The van der Waals surface area contributed by atoms with E-state index in [0.29, 0.717) is 22.6 Å². The molecule has 0 unspecified atom stereocenters. The van der Waals surface area contributed by atoms with Gasteiger partial charge in [0.05, 0.1) is 35.9 Å². The highest BCUT2D eigenvalue weighted by Gasteiger charge is 2.18. The zero-order chi connectivity index (χ0) is 14.8. The van der Waals surface area contributed by atoms with Crippen molar-refractivity contribution in [2.75, 3.05) is 5.32 Å². The molecule has 2 amide bonds. The summed E-state index contributed by atoms with van der Waals surface area (Å²) in [4.78, 5) is 27.6. The summed E-state index contributed by atoms with van der Waals surface area (Å²) in [6, 6.07) is 6.48. The molecule has 2 heterocycles. The number of anilines is 1. The summed E-state index contributed by atoms with van der Waals surface area (Å²) in [6.45, 7) is 0. The number of nitrogens with two attached hydrogens (primary N) is 1. The number of hydrogen-bond acceptors (Lipinski definition) is 5. The lowest BCUT2D eigenvalue weighted by Gasteiger charge is -2.05. The normalized spacial score (nSPS) is 13.7. The minimum Gasteiger partial charge on any atom is -0.366 e. The number of nitrogens with one attached hydrogen (secondary N) is 1. The largest absolute Gasteiger partial charge is 0.366 e. The monoisotopic (exact) mass is 281 g/mol. The Morgan fingerprint density at radius 3 is 2.81 bits per heavy atom. The maximum Gasteiger partial charge on any atom is 0.248 e. The molecule has 0 fully saturated rings. The van der Waals surface area contributed by atoms with E-state index in [4.69, 9.17) is 5.73 Å². The molecule has 0 radical (unpaired) electrons. The number of primary amides is 1. The van der Waals surface area contributed by atoms with Crippen LogP contribution in [0, 0.1) is 0 Å². The molecular weight excluding hydrogens is 270 g/mol. The maximum atomic E-state index is 12.0. The first kappa shape index (κ1) is 12.9. The van der Waals surface area contributed by atoms with E-state index < -0.39 is 5.91 Å². The highest BCUT2D eigenvalue weighted by molar-refractivity contribution is 6.17. The molecule has 7 nitrogen and oxygen atoms in total. The third-order valence-corrected chi connectivity index (χ3v) is 3.06. The number of amides is 2. The van der Waals surface area contributed by atoms with Gasteiger partial charge in [-0.15, -0.1) is 0 Å². The van der Waals surface area contributed by atoms with Crippen molar-refractivity contribution in [2.45, 2.75) is 6.42 Å². The van der Waals surface area contributed by atoms with Gasteiger partial charge in [-0.05, 0) is 24.3 Å². The van der Waals surface area contributed by atoms with Crippen LogP contribution in [0.2, 0.25) is 0 Å². The van der Waals surface area contributed by atoms with Crippen LogP contribution in [0.1, 0.15) is 22.3 Å². The molecular formula is C14H11N5O2. The summed E-state index contributed by atoms with van der Waals surface area (Å²) < 4.78 is 0. The summed E-state index contributed by atoms with van der Waals surface area (Å²) in [5.41, 5.74) is 7.91. The van der Waals surface area contributed by atoms with Gasteiger partial charge in [-0.25, -0.2) is 0 Å². The highest BCUT2D eigenvalue weighted by Crippen LogP contribution is 2.29. The molecule has 0 bridgehead atoms. The zero-order valence-electron chi connectivity index (χ0n) is 10.9. The lowest BCUT2D eigenvalue weighted by atomic mass is 10.1. The number of fused-ring (bicyclic) bond motifs is 1. The summed E-state index contributed by atoms with van der Waals surface area (Å²) in [6.07, 6.45) is 3.21. The molecule has 2 aromatic rings. The second kappa shape index (κ2) is 5.12. The van der Waals surface area contributed by atoms with Crippen molar-refractivity contribution >= 4 is 28.9 Å². The number of aliphatic imine (C=N–C) groups is 1. The lowest BCUT2D eigenvalue weighted by molar-refractivity contribution is -0.115. The Hall–Kier alpha value is -3.09. The lowest BCUT2D eigenvalue weighted by Crippen LogP contribution is -2.16. The summed E-state index contributed by atoms with van der Waals surface area (Å²) in [7, 11) is 0. The molecule has 7 heteroatoms. The first-order valence-corrected chi connectivity index (χ1v) is 6.22. The van der Waals surface area contributed by atoms with E-state index in [1.165, 1.54) is 12.3 Å². The van der Waals surface area contributed by atoms with E-state index >= 15 is 0 Å². The van der Waals surface area contributed by atoms with Gasteiger partial charge in [-0.2, -0.15) is 10.2 Å². The minimum atomic E-state index is -0.557. The fourth-order valence-electron chi connectivity index (χ4n) is 2.05. The van der Waals surface area contributed by atoms with Crippen LogP contribution in [0.4, 0.5) is 11.4 Å². The summed E-state index contributed by atoms with van der Waals surface area (Å²) in [5.74, 6) is -0.773. The number of rotatable bonds is 2. The first-order chi connectivity index (χ1) is 10.1. The second-order valence-corrected chi connectivity index (χ2v) is 4.51. The van der Waals surface area contributed by atoms with E-state index in [9.17, 15) is 9.59 Å². The summed E-state index contributed by atoms with van der Waals surface area (Å²) in [5, 5.41) is 10.2. The van der Waals surface area contributed by atoms with E-state index in [0.717, 1.165) is 5.56 Å². The third kappa shape index (κ3) is 2.62. The molecule has 1 aromatic carbocycles. The Labute approximate surface area is 119 Å². The van der Waals surface area contributed by atoms with Gasteiger partial charge in [0, 0.05) is 11.1 Å². The van der Waals surface area contributed by atoms with Gasteiger partial charge in [-0.1, -0.05) is 0 Å². The molecule has 3 rings (SSSR count). The second-order valence-electron chi connectivity index (χ2n) is 4.51. The van der Waals surface area contributed by atoms with E-state index in [2.05, 4.69) is 20.5 Å². The average Bonchev–Trinajstić information content (AvgIpc) is 2.65. The number of carbonyl (C=O) groups excluding carboxylic acids is 2. The van der Waals surface area contributed by atoms with Gasteiger partial charge in [0.2, 0.25) is 11.8 Å². The predicted molar refractivity (Wildman–Crippen MR) is 76.4 cm³/mol. The molecule has 0 saturated heterocycles. The van der Waals surface area contributed by atoms with Crippen LogP contribution in [-0.2, 0) is 4.79 Å². The SMILES string of the molecule is NC(=O)c1ccc2c(c1)NC(=O)CC(c1ccnnc1)=N2. The van der Waals surface area contributed by atoms with Crippen molar-refractivity contribution < 1.29 is 9.59 Å². The molecule has 0 spiro atoms. The molecule has 1 aromatic heterocycles. The fraction of sp³-hybridized carbons (Fsp3) is 0.0714. The first-order valence-electron chi connectivity index (χ1n) is 6.22. The predicted octanol–water partition coefficient (Wildman–Crippen LogP) is 1.04. The van der Waals surface area contributed by atoms with Gasteiger partial charge >= 0.3 is 0 Å². The number of aromatic nitrogens is 2. The quantitative estimate of drug-likeness (QED) is 0.856. The van der Waals surface area contributed by atoms with Gasteiger partial charge < -0.3 is 11.1 Å². The van der Waals surface area contributed by atoms with E-state index in [1.807, 2.05) is 0 Å². The number of benzene rings is 1. The Balaban J connectivity index is 2.09. The summed E-state index contributed by atoms with van der Waals surface area (Å²) >= 11 is 0. The Bertz CT molecular complexity index is 755. The molecule has 0 aliphatic carbocycles. The molecule has 21 heavy (non-hydrogen) atoms. The van der Waals surface area contributed by atoms with Gasteiger partial charge in [0.1, 0.15) is 0 Å². The van der Waals surface area contributed by atoms with Crippen LogP contribution in [0.25, 0.3) is 0 Å². The minimum absolute atomic E-state index is 0.117. The van der Waals surface area contributed by atoms with Gasteiger partial charge in [-0.3, -0.25) is 14.6 Å². The number of hydrogen-bond donors (Lipinski definition) is 2. The molecule has 1 aliphatic rings. The Morgan fingerprint density at radius 2 is 2.10 bits per heavy atom. The number of nitrogens with zero attached hydrogens (tertiary/aromatic N) is 3. The van der Waals surface area contributed by atoms with Gasteiger partial charge in [0.25, 0.3) is 0 Å². The van der Waals surface area contributed by atoms with Crippen LogP contribution >= 0.6 is 0 Å². The van der Waals surface area contributed by atoms with Gasteiger partial charge in [0.15, 0.2) is 0 Å². The van der Waals surface area contributed by atoms with E-state index in [1.54, 1.807) is 24.4 Å². The molecule has 3 N–H and O–H groups in total. The zero-order valence-corrected chi connectivity index (χ0v) is 10.9. The van der Waals surface area contributed by atoms with Crippen molar-refractivity contribution in [3.63, 3.8) is 0 Å². The standard InChI is InChI=1S/C14H11N5O2/c15-14(21)8-1-2-10-12(5-8)19-13(20)6-11(18-10)9-3-4-16-17-7-9/h1-5,7H,6H2,(H2,15,21)(H,19,20). The van der Waals surface area contributed by atoms with Crippen LogP contribution in [0.3, 0.4) is 0 Å². The average molecular weight is 281 g/mol. The topological polar surface area (TPSA) is 110 Å². The van der Waals surface area contributed by atoms with Crippen molar-refractivity contribution in [3.8, 4) is 0 Å². The Morgan fingerprint density at radius 1 is 1.24 bits per heavy atom. The number of carbonyl (C=O) groups is 2. The van der Waals surface area contributed by atoms with Crippen molar-refractivity contribution in [3.05, 3.63) is 47.8 Å². The van der Waals surface area contributed by atoms with E-state index in [-0.39, 0.29) is 12.3 Å². The highest BCUT2D eigenvalue weighted by atomic mass is 16.2. The van der Waals surface area contributed by atoms with Crippen molar-refractivity contribution in [1.82, 2.24) is 10.2 Å². The fourth-order valence-corrected chi connectivity index (χ4v) is 2.05. The molecule has 0 saturated carbocycles. The third-order valence-electron chi connectivity index (χ3n) is 3.06. The van der Waals surface area contributed by atoms with Crippen molar-refractivity contribution in [1.29, 1.82) is 0 Å². The van der Waals surface area contributed by atoms with Crippen LogP contribution < -0.4 is 11.1 Å². The van der Waals surface area contributed by atoms with Crippen molar-refractivity contribution in [2.24, 2.45) is 10.7 Å². The molecule has 1 aliphatic heterocycles. The smallest absolute Gasteiger partial charge is 0.248 e. The maximum absolute atomic E-state index is 12.0. The van der Waals surface area contributed by atoms with Crippen LogP contribution in [0.15, 0.2) is 41.7 Å². The molecule has 104 valence electrons. The van der Waals surface area contributed by atoms with Crippen LogP contribution in [-0.4, -0.2) is 27.7 Å².